The third kappa shape index (κ3) is 7.34. The molecular weight excluding hydrogens is 174 g/mol. The molecule has 0 aromatic rings. The molecule has 0 unspecified atom stereocenters. The molecule has 0 radical (unpaired) electrons. The Morgan fingerprint density at radius 3 is 2.71 bits per heavy atom. The average Bonchev–Trinajstić information content (AvgIpc) is 2.92. The quantitative estimate of drug-likeness (QED) is 0.576. The molecule has 1 aliphatic carbocycles. The number of hydrogen-bond donors (Lipinski definition) is 1. The Balaban J connectivity index is 1.66. The molecule has 0 aromatic heterocycles. The van der Waals surface area contributed by atoms with E-state index in [0.29, 0.717) is 0 Å². The van der Waals surface area contributed by atoms with Crippen LogP contribution in [0.25, 0.3) is 0 Å². The molecule has 1 aliphatic rings. The molecule has 0 bridgehead atoms. The third-order valence-corrected chi connectivity index (χ3v) is 2.61. The highest BCUT2D eigenvalue weighted by Gasteiger charge is 2.20. The summed E-state index contributed by atoms with van der Waals surface area (Å²) in [5.41, 5.74) is 0. The Bertz CT molecular complexity index is 124. The zero-order chi connectivity index (χ0) is 10.2. The first-order valence-electron chi connectivity index (χ1n) is 6.07. The molecule has 84 valence electrons. The molecule has 14 heavy (non-hydrogen) atoms. The van der Waals surface area contributed by atoms with Gasteiger partial charge in [0.05, 0.1) is 6.61 Å². The third-order valence-electron chi connectivity index (χ3n) is 2.61. The van der Waals surface area contributed by atoms with Crippen LogP contribution in [-0.4, -0.2) is 26.3 Å². The predicted molar refractivity (Wildman–Crippen MR) is 60.5 cm³/mol. The van der Waals surface area contributed by atoms with Crippen molar-refractivity contribution < 1.29 is 4.74 Å². The van der Waals surface area contributed by atoms with Crippen LogP contribution in [0, 0.1) is 11.8 Å². The van der Waals surface area contributed by atoms with Crippen LogP contribution < -0.4 is 5.32 Å². The van der Waals surface area contributed by atoms with Crippen LogP contribution in [0.5, 0.6) is 0 Å². The van der Waals surface area contributed by atoms with Crippen molar-refractivity contribution in [3.05, 3.63) is 0 Å². The fourth-order valence-electron chi connectivity index (χ4n) is 1.44. The highest BCUT2D eigenvalue weighted by molar-refractivity contribution is 4.71. The van der Waals surface area contributed by atoms with Gasteiger partial charge in [-0.25, -0.2) is 0 Å². The molecule has 1 fully saturated rings. The second-order valence-corrected chi connectivity index (χ2v) is 4.80. The second-order valence-electron chi connectivity index (χ2n) is 4.80. The average molecular weight is 199 g/mol. The van der Waals surface area contributed by atoms with E-state index in [1.807, 2.05) is 0 Å². The molecule has 0 aromatic carbocycles. The molecule has 2 nitrogen and oxygen atoms in total. The van der Waals surface area contributed by atoms with Crippen LogP contribution in [0.2, 0.25) is 0 Å². The molecular formula is C12H25NO. The Hall–Kier alpha value is -0.0800. The first-order valence-corrected chi connectivity index (χ1v) is 6.07. The van der Waals surface area contributed by atoms with Crippen LogP contribution in [0.4, 0.5) is 0 Å². The largest absolute Gasteiger partial charge is 0.380 e. The standard InChI is InChI=1S/C12H25NO/c1-11(2)4-3-7-13-8-9-14-10-12-5-6-12/h11-13H,3-10H2,1-2H3. The van der Waals surface area contributed by atoms with Crippen LogP contribution in [0.1, 0.15) is 39.5 Å². The maximum absolute atomic E-state index is 5.52. The van der Waals surface area contributed by atoms with Gasteiger partial charge >= 0.3 is 0 Å². The van der Waals surface area contributed by atoms with Crippen molar-refractivity contribution in [2.24, 2.45) is 11.8 Å². The van der Waals surface area contributed by atoms with Crippen molar-refractivity contribution in [3.8, 4) is 0 Å². The van der Waals surface area contributed by atoms with E-state index < -0.39 is 0 Å². The van der Waals surface area contributed by atoms with Gasteiger partial charge in [0.15, 0.2) is 0 Å². The zero-order valence-corrected chi connectivity index (χ0v) is 9.72. The Labute approximate surface area is 88.4 Å². The first kappa shape index (κ1) is 12.0. The fraction of sp³-hybridized carbons (Fsp3) is 1.00. The lowest BCUT2D eigenvalue weighted by molar-refractivity contribution is 0.126. The van der Waals surface area contributed by atoms with E-state index in [-0.39, 0.29) is 0 Å². The Morgan fingerprint density at radius 2 is 2.07 bits per heavy atom. The number of rotatable bonds is 9. The second kappa shape index (κ2) is 7.24. The van der Waals surface area contributed by atoms with E-state index in [1.165, 1.54) is 25.7 Å². The van der Waals surface area contributed by atoms with Crippen molar-refractivity contribution >= 4 is 0 Å². The number of hydrogen-bond acceptors (Lipinski definition) is 2. The minimum absolute atomic E-state index is 0.836. The van der Waals surface area contributed by atoms with Gasteiger partial charge in [-0.2, -0.15) is 0 Å². The highest BCUT2D eigenvalue weighted by atomic mass is 16.5. The van der Waals surface area contributed by atoms with Gasteiger partial charge < -0.3 is 10.1 Å². The van der Waals surface area contributed by atoms with Gasteiger partial charge in [-0.3, -0.25) is 0 Å². The van der Waals surface area contributed by atoms with E-state index in [0.717, 1.165) is 38.1 Å². The van der Waals surface area contributed by atoms with Crippen molar-refractivity contribution in [2.75, 3.05) is 26.3 Å². The smallest absolute Gasteiger partial charge is 0.0591 e. The Morgan fingerprint density at radius 1 is 1.29 bits per heavy atom. The minimum atomic E-state index is 0.836. The normalized spacial score (nSPS) is 16.5. The van der Waals surface area contributed by atoms with Gasteiger partial charge in [0, 0.05) is 13.2 Å². The summed E-state index contributed by atoms with van der Waals surface area (Å²) in [6.07, 6.45) is 5.40. The monoisotopic (exact) mass is 199 g/mol. The van der Waals surface area contributed by atoms with Gasteiger partial charge in [0.2, 0.25) is 0 Å². The molecule has 0 spiro atoms. The van der Waals surface area contributed by atoms with Crippen molar-refractivity contribution in [1.82, 2.24) is 5.32 Å². The summed E-state index contributed by atoms with van der Waals surface area (Å²) >= 11 is 0. The van der Waals surface area contributed by atoms with Crippen LogP contribution in [-0.2, 0) is 4.74 Å². The fourth-order valence-corrected chi connectivity index (χ4v) is 1.44. The summed E-state index contributed by atoms with van der Waals surface area (Å²) in [6, 6.07) is 0. The van der Waals surface area contributed by atoms with Gasteiger partial charge in [-0.05, 0) is 44.1 Å². The molecule has 0 saturated heterocycles. The van der Waals surface area contributed by atoms with Crippen molar-refractivity contribution in [2.45, 2.75) is 39.5 Å². The highest BCUT2D eigenvalue weighted by Crippen LogP contribution is 2.28. The van der Waals surface area contributed by atoms with Crippen LogP contribution in [0.3, 0.4) is 0 Å². The minimum Gasteiger partial charge on any atom is -0.380 e. The molecule has 2 heteroatoms. The lowest BCUT2D eigenvalue weighted by Crippen LogP contribution is -2.21. The molecule has 1 saturated carbocycles. The maximum Gasteiger partial charge on any atom is 0.0591 e. The summed E-state index contributed by atoms with van der Waals surface area (Å²) < 4.78 is 5.52. The molecule has 1 rings (SSSR count). The van der Waals surface area contributed by atoms with E-state index in [9.17, 15) is 0 Å². The van der Waals surface area contributed by atoms with E-state index >= 15 is 0 Å². The topological polar surface area (TPSA) is 21.3 Å². The Kier molecular flexibility index (Phi) is 6.20. The molecule has 0 atom stereocenters. The lowest BCUT2D eigenvalue weighted by atomic mass is 10.1. The zero-order valence-electron chi connectivity index (χ0n) is 9.72. The lowest BCUT2D eigenvalue weighted by Gasteiger charge is -2.06. The maximum atomic E-state index is 5.52. The van der Waals surface area contributed by atoms with Crippen molar-refractivity contribution in [1.29, 1.82) is 0 Å². The number of ether oxygens (including phenoxy) is 1. The summed E-state index contributed by atoms with van der Waals surface area (Å²) in [5, 5.41) is 3.41. The summed E-state index contributed by atoms with van der Waals surface area (Å²) in [6.45, 7) is 8.60. The number of nitrogens with one attached hydrogen (secondary N) is 1. The molecule has 1 N–H and O–H groups in total. The van der Waals surface area contributed by atoms with E-state index in [1.54, 1.807) is 0 Å². The van der Waals surface area contributed by atoms with E-state index in [2.05, 4.69) is 19.2 Å². The van der Waals surface area contributed by atoms with E-state index in [4.69, 9.17) is 4.74 Å². The molecule has 0 heterocycles. The SMILES string of the molecule is CC(C)CCCNCCOCC1CC1. The predicted octanol–water partition coefficient (Wildman–Crippen LogP) is 2.44. The van der Waals surface area contributed by atoms with Gasteiger partial charge in [0.25, 0.3) is 0 Å². The van der Waals surface area contributed by atoms with Gasteiger partial charge in [-0.15, -0.1) is 0 Å². The molecule has 0 amide bonds. The first-order chi connectivity index (χ1) is 6.79. The van der Waals surface area contributed by atoms with Crippen molar-refractivity contribution in [3.63, 3.8) is 0 Å². The molecule has 0 aliphatic heterocycles. The van der Waals surface area contributed by atoms with Crippen LogP contribution in [0.15, 0.2) is 0 Å². The summed E-state index contributed by atoms with van der Waals surface area (Å²) in [7, 11) is 0. The van der Waals surface area contributed by atoms with Crippen LogP contribution >= 0.6 is 0 Å². The van der Waals surface area contributed by atoms with Gasteiger partial charge in [-0.1, -0.05) is 13.8 Å². The summed E-state index contributed by atoms with van der Waals surface area (Å²) in [4.78, 5) is 0. The summed E-state index contributed by atoms with van der Waals surface area (Å²) in [5.74, 6) is 1.74. The van der Waals surface area contributed by atoms with Gasteiger partial charge in [0.1, 0.15) is 0 Å².